The van der Waals surface area contributed by atoms with Crippen molar-refractivity contribution >= 4 is 54.1 Å². The average molecular weight is 447 g/mol. The lowest BCUT2D eigenvalue weighted by atomic mass is 10.0. The predicted molar refractivity (Wildman–Crippen MR) is 135 cm³/mol. The third kappa shape index (κ3) is 2.79. The Morgan fingerprint density at radius 2 is 1.67 bits per heavy atom. The molecule has 7 heteroatoms. The third-order valence-electron chi connectivity index (χ3n) is 6.16. The molecule has 158 valence electrons. The molecule has 0 fully saturated rings. The van der Waals surface area contributed by atoms with Gasteiger partial charge < -0.3 is 9.97 Å². The van der Waals surface area contributed by atoms with Crippen LogP contribution >= 0.6 is 11.3 Å². The van der Waals surface area contributed by atoms with Gasteiger partial charge in [-0.05, 0) is 48.4 Å². The van der Waals surface area contributed by atoms with E-state index in [4.69, 9.17) is 0 Å². The monoisotopic (exact) mass is 446 g/mol. The summed E-state index contributed by atoms with van der Waals surface area (Å²) < 4.78 is 1.25. The summed E-state index contributed by atoms with van der Waals surface area (Å²) in [7, 11) is 0. The standard InChI is InChI=1S/C26H18N6S/c1-13-28-11-21(30-13)15-3-4-17-9-23(33-22(17)8-15)16-5-6-18-19(7-16)20-10-27-12-29-24(20)26-25(18)31-14(2)32-26/h3-12H,1-2H3,(H,28,30)(H,31,32). The van der Waals surface area contributed by atoms with Gasteiger partial charge in [-0.1, -0.05) is 24.3 Å². The Morgan fingerprint density at radius 3 is 2.55 bits per heavy atom. The molecule has 0 saturated carbocycles. The van der Waals surface area contributed by atoms with Crippen LogP contribution in [0.4, 0.5) is 0 Å². The molecule has 7 aromatic rings. The Bertz CT molecular complexity index is 1860. The largest absolute Gasteiger partial charge is 0.342 e. The van der Waals surface area contributed by atoms with Gasteiger partial charge in [0.2, 0.25) is 0 Å². The Morgan fingerprint density at radius 1 is 0.758 bits per heavy atom. The minimum atomic E-state index is 0.879. The Kier molecular flexibility index (Phi) is 3.75. The maximum atomic E-state index is 4.68. The number of nitrogens with one attached hydrogen (secondary N) is 2. The molecule has 0 spiro atoms. The maximum absolute atomic E-state index is 4.68. The van der Waals surface area contributed by atoms with Crippen molar-refractivity contribution in [2.24, 2.45) is 0 Å². The molecule has 0 aliphatic carbocycles. The number of aromatic nitrogens is 6. The molecule has 4 heterocycles. The first-order chi connectivity index (χ1) is 16.1. The molecule has 0 aliphatic heterocycles. The first-order valence-electron chi connectivity index (χ1n) is 10.7. The Labute approximate surface area is 192 Å². The van der Waals surface area contributed by atoms with Crippen molar-refractivity contribution in [3.63, 3.8) is 0 Å². The van der Waals surface area contributed by atoms with Gasteiger partial charge in [0, 0.05) is 32.1 Å². The van der Waals surface area contributed by atoms with Crippen LogP contribution in [0.15, 0.2) is 61.2 Å². The fraction of sp³-hybridized carbons (Fsp3) is 0.0769. The highest BCUT2D eigenvalue weighted by atomic mass is 32.1. The van der Waals surface area contributed by atoms with Gasteiger partial charge in [0.1, 0.15) is 29.0 Å². The lowest BCUT2D eigenvalue weighted by Crippen LogP contribution is -1.87. The molecule has 6 nitrogen and oxygen atoms in total. The van der Waals surface area contributed by atoms with Crippen LogP contribution in [-0.2, 0) is 0 Å². The summed E-state index contributed by atoms with van der Waals surface area (Å²) in [5.41, 5.74) is 6.17. The minimum absolute atomic E-state index is 0.879. The van der Waals surface area contributed by atoms with Crippen LogP contribution in [-0.4, -0.2) is 29.9 Å². The molecule has 0 unspecified atom stereocenters. The molecule has 0 radical (unpaired) electrons. The number of benzene rings is 3. The molecule has 0 atom stereocenters. The smallest absolute Gasteiger partial charge is 0.116 e. The highest BCUT2D eigenvalue weighted by Crippen LogP contribution is 2.39. The summed E-state index contributed by atoms with van der Waals surface area (Å²) in [5.74, 6) is 1.81. The number of H-pyrrole nitrogens is 2. The lowest BCUT2D eigenvalue weighted by Gasteiger charge is -2.07. The number of nitrogens with zero attached hydrogens (tertiary/aromatic N) is 4. The molecular weight excluding hydrogens is 428 g/mol. The van der Waals surface area contributed by atoms with Gasteiger partial charge in [-0.2, -0.15) is 0 Å². The molecule has 0 bridgehead atoms. The van der Waals surface area contributed by atoms with Gasteiger partial charge in [0.25, 0.3) is 0 Å². The number of imidazole rings is 2. The van der Waals surface area contributed by atoms with Crippen LogP contribution in [0.1, 0.15) is 11.6 Å². The van der Waals surface area contributed by atoms with E-state index in [-0.39, 0.29) is 0 Å². The minimum Gasteiger partial charge on any atom is -0.342 e. The van der Waals surface area contributed by atoms with Crippen molar-refractivity contribution in [1.29, 1.82) is 0 Å². The van der Waals surface area contributed by atoms with Gasteiger partial charge >= 0.3 is 0 Å². The van der Waals surface area contributed by atoms with E-state index in [0.717, 1.165) is 55.6 Å². The van der Waals surface area contributed by atoms with Gasteiger partial charge in [0.15, 0.2) is 0 Å². The summed E-state index contributed by atoms with van der Waals surface area (Å²) in [4.78, 5) is 25.8. The topological polar surface area (TPSA) is 83.1 Å². The number of hydrogen-bond donors (Lipinski definition) is 2. The fourth-order valence-electron chi connectivity index (χ4n) is 4.62. The molecule has 3 aromatic carbocycles. The van der Waals surface area contributed by atoms with E-state index in [0.29, 0.717) is 0 Å². The zero-order chi connectivity index (χ0) is 22.1. The van der Waals surface area contributed by atoms with Gasteiger partial charge in [-0.15, -0.1) is 11.3 Å². The maximum Gasteiger partial charge on any atom is 0.116 e. The Balaban J connectivity index is 1.43. The number of hydrogen-bond acceptors (Lipinski definition) is 5. The quantitative estimate of drug-likeness (QED) is 0.295. The van der Waals surface area contributed by atoms with E-state index in [2.05, 4.69) is 72.4 Å². The zero-order valence-electron chi connectivity index (χ0n) is 18.0. The normalized spacial score (nSPS) is 11.9. The van der Waals surface area contributed by atoms with Crippen LogP contribution < -0.4 is 0 Å². The summed E-state index contributed by atoms with van der Waals surface area (Å²) in [5, 5.41) is 4.52. The van der Waals surface area contributed by atoms with Crippen LogP contribution in [0, 0.1) is 13.8 Å². The van der Waals surface area contributed by atoms with E-state index < -0.39 is 0 Å². The van der Waals surface area contributed by atoms with Crippen LogP contribution in [0.3, 0.4) is 0 Å². The Hall–Kier alpha value is -4.10. The second-order valence-electron chi connectivity index (χ2n) is 8.34. The lowest BCUT2D eigenvalue weighted by molar-refractivity contribution is 1.15. The number of fused-ring (bicyclic) bond motifs is 7. The van der Waals surface area contributed by atoms with E-state index in [1.54, 1.807) is 17.7 Å². The van der Waals surface area contributed by atoms with E-state index in [1.165, 1.54) is 20.5 Å². The summed E-state index contributed by atoms with van der Waals surface area (Å²) >= 11 is 1.80. The third-order valence-corrected chi connectivity index (χ3v) is 7.30. The second kappa shape index (κ2) is 6.70. The fourth-order valence-corrected chi connectivity index (χ4v) is 5.72. The summed E-state index contributed by atoms with van der Waals surface area (Å²) in [6, 6.07) is 15.5. The first kappa shape index (κ1) is 18.5. The number of thiophene rings is 1. The highest BCUT2D eigenvalue weighted by Gasteiger charge is 2.15. The van der Waals surface area contributed by atoms with Crippen LogP contribution in [0.2, 0.25) is 0 Å². The van der Waals surface area contributed by atoms with Crippen molar-refractivity contribution < 1.29 is 0 Å². The van der Waals surface area contributed by atoms with Crippen molar-refractivity contribution in [2.45, 2.75) is 13.8 Å². The number of aryl methyl sites for hydroxylation is 2. The molecule has 33 heavy (non-hydrogen) atoms. The zero-order valence-corrected chi connectivity index (χ0v) is 18.8. The highest BCUT2D eigenvalue weighted by molar-refractivity contribution is 7.22. The number of rotatable bonds is 2. The van der Waals surface area contributed by atoms with Crippen LogP contribution in [0.5, 0.6) is 0 Å². The van der Waals surface area contributed by atoms with Gasteiger partial charge in [-0.25, -0.2) is 19.9 Å². The van der Waals surface area contributed by atoms with Crippen LogP contribution in [0.25, 0.3) is 64.5 Å². The van der Waals surface area contributed by atoms with Crippen molar-refractivity contribution in [3.05, 3.63) is 72.8 Å². The SMILES string of the molecule is Cc1ncc(-c2ccc3cc(-c4ccc5c(c4)c4cncnc4c4nc(C)[nH]c54)sc3c2)[nH]1. The summed E-state index contributed by atoms with van der Waals surface area (Å²) in [6.45, 7) is 3.95. The van der Waals surface area contributed by atoms with Crippen molar-refractivity contribution in [2.75, 3.05) is 0 Å². The average Bonchev–Trinajstić information content (AvgIpc) is 3.56. The van der Waals surface area contributed by atoms with E-state index in [1.807, 2.05) is 26.2 Å². The van der Waals surface area contributed by atoms with E-state index in [9.17, 15) is 0 Å². The molecule has 0 aliphatic rings. The molecule has 2 N–H and O–H groups in total. The predicted octanol–water partition coefficient (Wildman–Crippen LogP) is 6.55. The second-order valence-corrected chi connectivity index (χ2v) is 9.42. The van der Waals surface area contributed by atoms with Crippen molar-refractivity contribution in [3.8, 4) is 21.7 Å². The molecule has 0 amide bonds. The van der Waals surface area contributed by atoms with E-state index >= 15 is 0 Å². The number of aromatic amines is 2. The van der Waals surface area contributed by atoms with Gasteiger partial charge in [-0.3, -0.25) is 0 Å². The molecular formula is C26H18N6S. The molecule has 7 rings (SSSR count). The van der Waals surface area contributed by atoms with Gasteiger partial charge in [0.05, 0.1) is 17.4 Å². The summed E-state index contributed by atoms with van der Waals surface area (Å²) in [6.07, 6.45) is 5.37. The van der Waals surface area contributed by atoms with Crippen molar-refractivity contribution in [1.82, 2.24) is 29.9 Å². The molecule has 4 aromatic heterocycles. The first-order valence-corrected chi connectivity index (χ1v) is 11.5. The molecule has 0 saturated heterocycles.